The maximum Gasteiger partial charge on any atom is 0.330 e. The van der Waals surface area contributed by atoms with Gasteiger partial charge in [0.05, 0.1) is 6.10 Å². The van der Waals surface area contributed by atoms with E-state index in [-0.39, 0.29) is 6.61 Å². The second-order valence-corrected chi connectivity index (χ2v) is 3.12. The predicted molar refractivity (Wildman–Crippen MR) is 48.2 cm³/mol. The Morgan fingerprint density at radius 2 is 2.54 bits per heavy atom. The number of nitrogens with one attached hydrogen (secondary N) is 1. The minimum absolute atomic E-state index is 0.0847. The first-order valence-corrected chi connectivity index (χ1v) is 4.43. The molecular formula is C9H15NO3. The Morgan fingerprint density at radius 1 is 1.85 bits per heavy atom. The maximum absolute atomic E-state index is 10.8. The van der Waals surface area contributed by atoms with Crippen LogP contribution in [0.15, 0.2) is 12.2 Å². The maximum atomic E-state index is 10.8. The van der Waals surface area contributed by atoms with Crippen LogP contribution in [0.4, 0.5) is 0 Å². The van der Waals surface area contributed by atoms with E-state index in [1.54, 1.807) is 13.0 Å². The van der Waals surface area contributed by atoms with Crippen molar-refractivity contribution >= 4 is 5.97 Å². The number of esters is 1. The first-order chi connectivity index (χ1) is 6.22. The van der Waals surface area contributed by atoms with Gasteiger partial charge in [-0.05, 0) is 13.3 Å². The van der Waals surface area contributed by atoms with Crippen molar-refractivity contribution in [3.05, 3.63) is 12.2 Å². The standard InChI is InChI=1S/C9H15NO3/c1-2-3-9(12)13-6-8(11)4-7-5-10-7/h2-3,7-8,10-11H,4-6H2,1H3. The molecule has 0 bridgehead atoms. The van der Waals surface area contributed by atoms with Crippen LogP contribution in [0.3, 0.4) is 0 Å². The number of allylic oxidation sites excluding steroid dienone is 1. The summed E-state index contributed by atoms with van der Waals surface area (Å²) in [6.07, 6.45) is 3.05. The average molecular weight is 185 g/mol. The van der Waals surface area contributed by atoms with Crippen molar-refractivity contribution in [1.29, 1.82) is 0 Å². The van der Waals surface area contributed by atoms with Crippen LogP contribution >= 0.6 is 0 Å². The zero-order valence-electron chi connectivity index (χ0n) is 7.69. The Bertz CT molecular complexity index is 199. The second-order valence-electron chi connectivity index (χ2n) is 3.12. The second kappa shape index (κ2) is 4.99. The number of hydrogen-bond donors (Lipinski definition) is 2. The van der Waals surface area contributed by atoms with E-state index >= 15 is 0 Å². The molecule has 74 valence electrons. The van der Waals surface area contributed by atoms with Crippen LogP contribution in [0, 0.1) is 0 Å². The van der Waals surface area contributed by atoms with Gasteiger partial charge in [0.1, 0.15) is 6.61 Å². The molecule has 0 saturated carbocycles. The lowest BCUT2D eigenvalue weighted by molar-refractivity contribution is -0.140. The van der Waals surface area contributed by atoms with Gasteiger partial charge in [0, 0.05) is 18.7 Å². The van der Waals surface area contributed by atoms with Crippen molar-refractivity contribution < 1.29 is 14.6 Å². The average Bonchev–Trinajstić information content (AvgIpc) is 2.85. The fourth-order valence-corrected chi connectivity index (χ4v) is 1.01. The highest BCUT2D eigenvalue weighted by atomic mass is 16.5. The molecule has 2 atom stereocenters. The lowest BCUT2D eigenvalue weighted by Gasteiger charge is -2.08. The third-order valence-corrected chi connectivity index (χ3v) is 1.77. The van der Waals surface area contributed by atoms with Crippen LogP contribution in [0.1, 0.15) is 13.3 Å². The Labute approximate surface area is 77.6 Å². The normalized spacial score (nSPS) is 23.1. The van der Waals surface area contributed by atoms with Gasteiger partial charge in [-0.1, -0.05) is 6.08 Å². The van der Waals surface area contributed by atoms with E-state index in [2.05, 4.69) is 5.32 Å². The number of aliphatic hydroxyl groups is 1. The van der Waals surface area contributed by atoms with Gasteiger partial charge >= 0.3 is 5.97 Å². The summed E-state index contributed by atoms with van der Waals surface area (Å²) >= 11 is 0. The number of rotatable bonds is 5. The van der Waals surface area contributed by atoms with Crippen LogP contribution in [0.5, 0.6) is 0 Å². The van der Waals surface area contributed by atoms with Crippen molar-refractivity contribution in [2.24, 2.45) is 0 Å². The zero-order chi connectivity index (χ0) is 9.68. The summed E-state index contributed by atoms with van der Waals surface area (Å²) in [6.45, 7) is 2.78. The van der Waals surface area contributed by atoms with Crippen molar-refractivity contribution in [3.8, 4) is 0 Å². The summed E-state index contributed by atoms with van der Waals surface area (Å²) in [5.74, 6) is -0.398. The fraction of sp³-hybridized carbons (Fsp3) is 0.667. The summed E-state index contributed by atoms with van der Waals surface area (Å²) in [6, 6.07) is 0.412. The Hall–Kier alpha value is -0.870. The van der Waals surface area contributed by atoms with Gasteiger partial charge in [0.15, 0.2) is 0 Å². The summed E-state index contributed by atoms with van der Waals surface area (Å²) in [5, 5.41) is 12.4. The van der Waals surface area contributed by atoms with E-state index in [9.17, 15) is 9.90 Å². The molecule has 0 radical (unpaired) electrons. The number of aliphatic hydroxyl groups excluding tert-OH is 1. The zero-order valence-corrected chi connectivity index (χ0v) is 7.69. The van der Waals surface area contributed by atoms with Crippen molar-refractivity contribution in [2.75, 3.05) is 13.2 Å². The van der Waals surface area contributed by atoms with E-state index < -0.39 is 12.1 Å². The number of ether oxygens (including phenoxy) is 1. The quantitative estimate of drug-likeness (QED) is 0.354. The molecule has 0 aromatic rings. The molecule has 0 aromatic carbocycles. The highest BCUT2D eigenvalue weighted by Crippen LogP contribution is 2.06. The SMILES string of the molecule is CC=CC(=O)OCC(O)CC1CN1. The van der Waals surface area contributed by atoms with Gasteiger partial charge < -0.3 is 15.2 Å². The van der Waals surface area contributed by atoms with Crippen LogP contribution in [0.25, 0.3) is 0 Å². The molecule has 1 aliphatic rings. The van der Waals surface area contributed by atoms with Gasteiger partial charge in [-0.25, -0.2) is 4.79 Å². The minimum Gasteiger partial charge on any atom is -0.460 e. The monoisotopic (exact) mass is 185 g/mol. The lowest BCUT2D eigenvalue weighted by Crippen LogP contribution is -2.20. The highest BCUT2D eigenvalue weighted by Gasteiger charge is 2.23. The van der Waals surface area contributed by atoms with Crippen molar-refractivity contribution in [2.45, 2.75) is 25.5 Å². The smallest absolute Gasteiger partial charge is 0.330 e. The van der Waals surface area contributed by atoms with Crippen LogP contribution in [0.2, 0.25) is 0 Å². The molecular weight excluding hydrogens is 170 g/mol. The third-order valence-electron chi connectivity index (χ3n) is 1.77. The molecule has 0 aliphatic carbocycles. The van der Waals surface area contributed by atoms with E-state index in [4.69, 9.17) is 4.74 Å². The highest BCUT2D eigenvalue weighted by molar-refractivity contribution is 5.81. The molecule has 1 saturated heterocycles. The summed E-state index contributed by atoms with van der Waals surface area (Å²) in [5.41, 5.74) is 0. The first-order valence-electron chi connectivity index (χ1n) is 4.43. The number of carbonyl (C=O) groups excluding carboxylic acids is 1. The number of hydrogen-bond acceptors (Lipinski definition) is 4. The fourth-order valence-electron chi connectivity index (χ4n) is 1.01. The van der Waals surface area contributed by atoms with Crippen LogP contribution in [-0.4, -0.2) is 36.4 Å². The summed E-state index contributed by atoms with van der Waals surface area (Å²) in [4.78, 5) is 10.8. The largest absolute Gasteiger partial charge is 0.460 e. The van der Waals surface area contributed by atoms with Crippen LogP contribution in [-0.2, 0) is 9.53 Å². The minimum atomic E-state index is -0.547. The molecule has 4 heteroatoms. The van der Waals surface area contributed by atoms with E-state index in [0.29, 0.717) is 12.5 Å². The Morgan fingerprint density at radius 3 is 3.08 bits per heavy atom. The topological polar surface area (TPSA) is 68.5 Å². The number of carbonyl (C=O) groups is 1. The van der Waals surface area contributed by atoms with Gasteiger partial charge in [-0.2, -0.15) is 0 Å². The van der Waals surface area contributed by atoms with E-state index in [0.717, 1.165) is 6.54 Å². The third kappa shape index (κ3) is 4.65. The molecule has 13 heavy (non-hydrogen) atoms. The Kier molecular flexibility index (Phi) is 3.92. The Balaban J connectivity index is 2.05. The molecule has 2 unspecified atom stereocenters. The molecule has 1 fully saturated rings. The van der Waals surface area contributed by atoms with Crippen LogP contribution < -0.4 is 5.32 Å². The van der Waals surface area contributed by atoms with E-state index in [1.807, 2.05) is 0 Å². The van der Waals surface area contributed by atoms with Gasteiger partial charge in [-0.3, -0.25) is 0 Å². The first kappa shape index (κ1) is 10.2. The van der Waals surface area contributed by atoms with Gasteiger partial charge in [0.2, 0.25) is 0 Å². The molecule has 4 nitrogen and oxygen atoms in total. The van der Waals surface area contributed by atoms with Crippen molar-refractivity contribution in [1.82, 2.24) is 5.32 Å². The molecule has 0 amide bonds. The molecule has 1 aliphatic heterocycles. The summed E-state index contributed by atoms with van der Waals surface area (Å²) in [7, 11) is 0. The molecule has 1 heterocycles. The molecule has 0 spiro atoms. The van der Waals surface area contributed by atoms with Gasteiger partial charge in [-0.15, -0.1) is 0 Å². The predicted octanol–water partition coefficient (Wildman–Crippen LogP) is -0.171. The molecule has 2 N–H and O–H groups in total. The van der Waals surface area contributed by atoms with Gasteiger partial charge in [0.25, 0.3) is 0 Å². The lowest BCUT2D eigenvalue weighted by atomic mass is 10.2. The molecule has 0 aromatic heterocycles. The van der Waals surface area contributed by atoms with Crippen molar-refractivity contribution in [3.63, 3.8) is 0 Å². The van der Waals surface area contributed by atoms with E-state index in [1.165, 1.54) is 6.08 Å². The summed E-state index contributed by atoms with van der Waals surface area (Å²) < 4.78 is 4.77. The molecule has 1 rings (SSSR count).